The molecule has 1 atom stereocenters. The first-order valence-corrected chi connectivity index (χ1v) is 16.1. The first-order valence-electron chi connectivity index (χ1n) is 16.1. The standard InChI is InChI=1S/C37H45N3O2/c1-4-7-22-40-32(26-39-21-12-11-18-31(39)30-19-20-33-34(25-30)42-24-23-41-33)36(29-14-9-8-10-15-29)38-37(40)35-27(5-2)16-13-17-28(35)6-3/h8-10,13-17,19-20,25,31H,4-7,11-12,18,21-24,26H2,1-3H3. The van der Waals surface area contributed by atoms with Crippen molar-refractivity contribution >= 4 is 0 Å². The van der Waals surface area contributed by atoms with Crippen molar-refractivity contribution in [1.82, 2.24) is 14.5 Å². The molecule has 0 amide bonds. The van der Waals surface area contributed by atoms with Gasteiger partial charge in [0.2, 0.25) is 0 Å². The number of fused-ring (bicyclic) bond motifs is 1. The fourth-order valence-electron chi connectivity index (χ4n) is 6.77. The molecule has 3 aromatic carbocycles. The fourth-order valence-corrected chi connectivity index (χ4v) is 6.77. The summed E-state index contributed by atoms with van der Waals surface area (Å²) in [6, 6.07) is 24.5. The second kappa shape index (κ2) is 13.2. The zero-order valence-corrected chi connectivity index (χ0v) is 25.6. The van der Waals surface area contributed by atoms with Gasteiger partial charge in [-0.05, 0) is 67.5 Å². The lowest BCUT2D eigenvalue weighted by atomic mass is 9.94. The van der Waals surface area contributed by atoms with Gasteiger partial charge in [0.1, 0.15) is 19.0 Å². The van der Waals surface area contributed by atoms with E-state index < -0.39 is 0 Å². The van der Waals surface area contributed by atoms with Crippen LogP contribution >= 0.6 is 0 Å². The largest absolute Gasteiger partial charge is 0.486 e. The Morgan fingerprint density at radius 1 is 0.833 bits per heavy atom. The summed E-state index contributed by atoms with van der Waals surface area (Å²) in [5.74, 6) is 2.88. The summed E-state index contributed by atoms with van der Waals surface area (Å²) in [4.78, 5) is 8.23. The maximum atomic E-state index is 5.99. The molecule has 1 aromatic heterocycles. The molecule has 2 aliphatic rings. The van der Waals surface area contributed by atoms with E-state index in [0.717, 1.165) is 74.8 Å². The molecular weight excluding hydrogens is 518 g/mol. The van der Waals surface area contributed by atoms with Crippen LogP contribution in [-0.2, 0) is 25.9 Å². The third kappa shape index (κ3) is 5.72. The number of imidazole rings is 1. The van der Waals surface area contributed by atoms with E-state index in [0.29, 0.717) is 19.3 Å². The van der Waals surface area contributed by atoms with Crippen LogP contribution < -0.4 is 9.47 Å². The van der Waals surface area contributed by atoms with Crippen molar-refractivity contribution in [2.45, 2.75) is 84.8 Å². The SMILES string of the molecule is CCCCn1c(-c2c(CC)cccc2CC)nc(-c2ccccc2)c1CN1CCCCC1c1ccc2c(c1)OCCO2. The van der Waals surface area contributed by atoms with E-state index in [1.165, 1.54) is 46.4 Å². The van der Waals surface area contributed by atoms with Gasteiger partial charge >= 0.3 is 0 Å². The molecule has 3 heterocycles. The molecular formula is C37H45N3O2. The molecule has 1 unspecified atom stereocenters. The van der Waals surface area contributed by atoms with Gasteiger partial charge in [-0.15, -0.1) is 0 Å². The number of likely N-dealkylation sites (tertiary alicyclic amines) is 1. The zero-order valence-electron chi connectivity index (χ0n) is 25.6. The fraction of sp³-hybridized carbons (Fsp3) is 0.432. The molecule has 1 fully saturated rings. The lowest BCUT2D eigenvalue weighted by molar-refractivity contribution is 0.135. The van der Waals surface area contributed by atoms with Crippen molar-refractivity contribution < 1.29 is 9.47 Å². The number of hydrogen-bond donors (Lipinski definition) is 0. The number of ether oxygens (including phenoxy) is 2. The maximum Gasteiger partial charge on any atom is 0.161 e. The van der Waals surface area contributed by atoms with Crippen molar-refractivity contribution in [3.63, 3.8) is 0 Å². The van der Waals surface area contributed by atoms with E-state index in [4.69, 9.17) is 14.5 Å². The molecule has 5 heteroatoms. The van der Waals surface area contributed by atoms with Crippen LogP contribution in [-0.4, -0.2) is 34.2 Å². The normalized spacial score (nSPS) is 17.0. The van der Waals surface area contributed by atoms with E-state index in [1.807, 2.05) is 0 Å². The summed E-state index contributed by atoms with van der Waals surface area (Å²) in [7, 11) is 0. The van der Waals surface area contributed by atoms with Gasteiger partial charge in [-0.3, -0.25) is 4.90 Å². The number of rotatable bonds is 10. The Morgan fingerprint density at radius 3 is 2.33 bits per heavy atom. The molecule has 42 heavy (non-hydrogen) atoms. The Hall–Kier alpha value is -3.57. The van der Waals surface area contributed by atoms with Crippen LogP contribution in [0.5, 0.6) is 11.5 Å². The molecule has 6 rings (SSSR count). The number of hydrogen-bond acceptors (Lipinski definition) is 4. The second-order valence-electron chi connectivity index (χ2n) is 11.6. The molecule has 0 N–H and O–H groups in total. The van der Waals surface area contributed by atoms with E-state index >= 15 is 0 Å². The summed E-state index contributed by atoms with van der Waals surface area (Å²) in [5.41, 5.74) is 9.09. The topological polar surface area (TPSA) is 39.5 Å². The third-order valence-corrected chi connectivity index (χ3v) is 9.00. The molecule has 5 nitrogen and oxygen atoms in total. The summed E-state index contributed by atoms with van der Waals surface area (Å²) >= 11 is 0. The predicted octanol–water partition coefficient (Wildman–Crippen LogP) is 8.64. The lowest BCUT2D eigenvalue weighted by Crippen LogP contribution is -2.34. The molecule has 4 aromatic rings. The van der Waals surface area contributed by atoms with Crippen LogP contribution in [0, 0.1) is 0 Å². The first-order chi connectivity index (χ1) is 20.7. The average Bonchev–Trinajstić information content (AvgIpc) is 3.40. The van der Waals surface area contributed by atoms with Crippen molar-refractivity contribution in [3.05, 3.63) is 89.1 Å². The van der Waals surface area contributed by atoms with Crippen molar-refractivity contribution in [2.24, 2.45) is 0 Å². The highest BCUT2D eigenvalue weighted by Gasteiger charge is 2.30. The van der Waals surface area contributed by atoms with Crippen LogP contribution in [0.25, 0.3) is 22.6 Å². The minimum Gasteiger partial charge on any atom is -0.486 e. The second-order valence-corrected chi connectivity index (χ2v) is 11.6. The highest BCUT2D eigenvalue weighted by atomic mass is 16.6. The van der Waals surface area contributed by atoms with Gasteiger partial charge in [0.25, 0.3) is 0 Å². The van der Waals surface area contributed by atoms with Crippen LogP contribution in [0.15, 0.2) is 66.7 Å². The van der Waals surface area contributed by atoms with Crippen LogP contribution in [0.4, 0.5) is 0 Å². The Labute approximate surface area is 251 Å². The van der Waals surface area contributed by atoms with Gasteiger partial charge in [-0.2, -0.15) is 0 Å². The molecule has 220 valence electrons. The van der Waals surface area contributed by atoms with Crippen molar-refractivity contribution in [2.75, 3.05) is 19.8 Å². The van der Waals surface area contributed by atoms with Gasteiger partial charge in [0, 0.05) is 30.3 Å². The predicted molar refractivity (Wildman–Crippen MR) is 171 cm³/mol. The van der Waals surface area contributed by atoms with Crippen LogP contribution in [0.1, 0.15) is 81.3 Å². The third-order valence-electron chi connectivity index (χ3n) is 9.00. The van der Waals surface area contributed by atoms with E-state index in [1.54, 1.807) is 0 Å². The van der Waals surface area contributed by atoms with Gasteiger partial charge in [-0.25, -0.2) is 4.98 Å². The molecule has 0 radical (unpaired) electrons. The van der Waals surface area contributed by atoms with Gasteiger partial charge in [0.05, 0.1) is 11.4 Å². The van der Waals surface area contributed by atoms with E-state index in [-0.39, 0.29) is 0 Å². The Balaban J connectivity index is 1.48. The summed E-state index contributed by atoms with van der Waals surface area (Å²) in [6.45, 7) is 11.0. The van der Waals surface area contributed by atoms with Crippen molar-refractivity contribution in [3.8, 4) is 34.1 Å². The highest BCUT2D eigenvalue weighted by molar-refractivity contribution is 5.72. The number of unbranched alkanes of at least 4 members (excludes halogenated alkanes) is 1. The number of aromatic nitrogens is 2. The molecule has 1 saturated heterocycles. The Morgan fingerprint density at radius 2 is 1.60 bits per heavy atom. The summed E-state index contributed by atoms with van der Waals surface area (Å²) in [5, 5.41) is 0. The van der Waals surface area contributed by atoms with E-state index in [9.17, 15) is 0 Å². The number of aryl methyl sites for hydroxylation is 2. The lowest BCUT2D eigenvalue weighted by Gasteiger charge is -2.37. The van der Waals surface area contributed by atoms with Gasteiger partial charge < -0.3 is 14.0 Å². The van der Waals surface area contributed by atoms with Crippen LogP contribution in [0.3, 0.4) is 0 Å². The van der Waals surface area contributed by atoms with E-state index in [2.05, 4.69) is 97.0 Å². The minimum absolute atomic E-state index is 0.338. The number of piperidine rings is 1. The maximum absolute atomic E-state index is 5.99. The Bertz CT molecular complexity index is 1470. The monoisotopic (exact) mass is 563 g/mol. The number of nitrogens with zero attached hydrogens (tertiary/aromatic N) is 3. The summed E-state index contributed by atoms with van der Waals surface area (Å²) in [6.07, 6.45) is 7.88. The molecule has 0 saturated carbocycles. The van der Waals surface area contributed by atoms with Crippen LogP contribution in [0.2, 0.25) is 0 Å². The Kier molecular flexibility index (Phi) is 8.95. The quantitative estimate of drug-likeness (QED) is 0.194. The molecule has 0 spiro atoms. The molecule has 2 aliphatic heterocycles. The molecule has 0 bridgehead atoms. The smallest absolute Gasteiger partial charge is 0.161 e. The average molecular weight is 564 g/mol. The highest BCUT2D eigenvalue weighted by Crippen LogP contribution is 2.40. The minimum atomic E-state index is 0.338. The zero-order chi connectivity index (χ0) is 28.9. The molecule has 0 aliphatic carbocycles. The van der Waals surface area contributed by atoms with Crippen molar-refractivity contribution in [1.29, 1.82) is 0 Å². The van der Waals surface area contributed by atoms with Gasteiger partial charge in [0.15, 0.2) is 11.5 Å². The van der Waals surface area contributed by atoms with Gasteiger partial charge in [-0.1, -0.05) is 88.2 Å². The number of benzene rings is 3. The summed E-state index contributed by atoms with van der Waals surface area (Å²) < 4.78 is 14.4. The first kappa shape index (κ1) is 28.5.